The molecular formula is C34H36N2O6S2. The minimum atomic E-state index is -3.79. The van der Waals surface area contributed by atoms with Crippen molar-refractivity contribution in [3.05, 3.63) is 131 Å². The van der Waals surface area contributed by atoms with Gasteiger partial charge in [-0.25, -0.2) is 16.8 Å². The summed E-state index contributed by atoms with van der Waals surface area (Å²) in [7, 11) is -7.58. The van der Waals surface area contributed by atoms with E-state index in [0.29, 0.717) is 0 Å². The van der Waals surface area contributed by atoms with Crippen molar-refractivity contribution < 1.29 is 26.3 Å². The maximum atomic E-state index is 13.6. The first kappa shape index (κ1) is 30.6. The van der Waals surface area contributed by atoms with Crippen molar-refractivity contribution in [3.63, 3.8) is 0 Å². The molecule has 2 aliphatic rings. The molecule has 0 spiro atoms. The highest BCUT2D eigenvalue weighted by Gasteiger charge is 2.59. The summed E-state index contributed by atoms with van der Waals surface area (Å²) in [6.45, 7) is 4.76. The summed E-state index contributed by atoms with van der Waals surface area (Å²) in [5.74, 6) is 0. The third-order valence-electron chi connectivity index (χ3n) is 8.11. The van der Waals surface area contributed by atoms with Gasteiger partial charge in [0, 0.05) is 13.1 Å². The Morgan fingerprint density at radius 3 is 1.25 bits per heavy atom. The van der Waals surface area contributed by atoms with E-state index in [1.807, 2.05) is 74.5 Å². The third-order valence-corrected chi connectivity index (χ3v) is 11.9. The zero-order valence-electron chi connectivity index (χ0n) is 24.7. The van der Waals surface area contributed by atoms with Crippen LogP contribution in [0.15, 0.2) is 119 Å². The maximum absolute atomic E-state index is 13.6. The molecule has 2 aliphatic heterocycles. The highest BCUT2D eigenvalue weighted by Crippen LogP contribution is 2.40. The lowest BCUT2D eigenvalue weighted by Crippen LogP contribution is -2.43. The molecule has 0 N–H and O–H groups in total. The molecule has 44 heavy (non-hydrogen) atoms. The van der Waals surface area contributed by atoms with Crippen molar-refractivity contribution in [2.45, 2.75) is 61.1 Å². The Bertz CT molecular complexity index is 1650. The van der Waals surface area contributed by atoms with Gasteiger partial charge < -0.3 is 9.47 Å². The minimum Gasteiger partial charge on any atom is -0.369 e. The fourth-order valence-corrected chi connectivity index (χ4v) is 8.59. The van der Waals surface area contributed by atoms with Gasteiger partial charge in [-0.15, -0.1) is 0 Å². The second kappa shape index (κ2) is 12.5. The van der Waals surface area contributed by atoms with Gasteiger partial charge in [0.05, 0.1) is 35.1 Å². The Morgan fingerprint density at radius 1 is 0.568 bits per heavy atom. The average molecular weight is 633 g/mol. The summed E-state index contributed by atoms with van der Waals surface area (Å²) < 4.78 is 70.4. The number of sulfonamides is 2. The first-order valence-electron chi connectivity index (χ1n) is 14.6. The number of rotatable bonds is 13. The molecule has 2 heterocycles. The zero-order valence-corrected chi connectivity index (χ0v) is 26.3. The lowest BCUT2D eigenvalue weighted by atomic mass is 10.1. The molecule has 10 heteroatoms. The zero-order chi connectivity index (χ0) is 30.9. The van der Waals surface area contributed by atoms with E-state index in [9.17, 15) is 16.8 Å². The summed E-state index contributed by atoms with van der Waals surface area (Å²) in [6.07, 6.45) is -1.44. The van der Waals surface area contributed by atoms with Crippen molar-refractivity contribution in [2.75, 3.05) is 13.1 Å². The normalized spacial score (nSPS) is 22.7. The molecule has 2 unspecified atom stereocenters. The van der Waals surface area contributed by atoms with E-state index >= 15 is 0 Å². The van der Waals surface area contributed by atoms with Crippen molar-refractivity contribution in [1.82, 2.24) is 8.61 Å². The average Bonchev–Trinajstić information content (AvgIpc) is 3.95. The number of hydrogen-bond acceptors (Lipinski definition) is 6. The van der Waals surface area contributed by atoms with Crippen molar-refractivity contribution in [3.8, 4) is 0 Å². The summed E-state index contributed by atoms with van der Waals surface area (Å²) >= 11 is 0. The Morgan fingerprint density at radius 2 is 0.909 bits per heavy atom. The van der Waals surface area contributed by atoms with Crippen LogP contribution >= 0.6 is 0 Å². The molecule has 2 saturated heterocycles. The van der Waals surface area contributed by atoms with Gasteiger partial charge in [0.1, 0.15) is 12.2 Å². The van der Waals surface area contributed by atoms with E-state index in [-0.39, 0.29) is 36.1 Å². The van der Waals surface area contributed by atoms with Gasteiger partial charge in [-0.1, -0.05) is 96.1 Å². The monoisotopic (exact) mass is 632 g/mol. The van der Waals surface area contributed by atoms with Crippen LogP contribution < -0.4 is 0 Å². The molecular weight excluding hydrogens is 597 g/mol. The van der Waals surface area contributed by atoms with Gasteiger partial charge in [-0.05, 0) is 49.2 Å². The van der Waals surface area contributed by atoms with Crippen LogP contribution in [0.2, 0.25) is 0 Å². The molecule has 6 rings (SSSR count). The van der Waals surface area contributed by atoms with Gasteiger partial charge >= 0.3 is 0 Å². The molecule has 4 aromatic carbocycles. The third kappa shape index (κ3) is 6.66. The predicted molar refractivity (Wildman–Crippen MR) is 168 cm³/mol. The quantitative estimate of drug-likeness (QED) is 0.194. The number of benzene rings is 4. The van der Waals surface area contributed by atoms with Crippen LogP contribution in [0.5, 0.6) is 0 Å². The van der Waals surface area contributed by atoms with Gasteiger partial charge in [-0.3, -0.25) is 0 Å². The molecule has 0 aliphatic carbocycles. The van der Waals surface area contributed by atoms with Crippen molar-refractivity contribution in [1.29, 1.82) is 0 Å². The molecule has 0 aromatic heterocycles. The fraction of sp³-hybridized carbons (Fsp3) is 0.294. The first-order chi connectivity index (χ1) is 21.1. The second-order valence-corrected chi connectivity index (χ2v) is 15.2. The highest BCUT2D eigenvalue weighted by molar-refractivity contribution is 7.89. The van der Waals surface area contributed by atoms with Gasteiger partial charge in [0.2, 0.25) is 20.0 Å². The van der Waals surface area contributed by atoms with Gasteiger partial charge in [-0.2, -0.15) is 8.61 Å². The first-order valence-corrected chi connectivity index (χ1v) is 17.5. The predicted octanol–water partition coefficient (Wildman–Crippen LogP) is 4.92. The van der Waals surface area contributed by atoms with E-state index in [1.165, 1.54) is 8.61 Å². The summed E-state index contributed by atoms with van der Waals surface area (Å²) in [6, 6.07) is 31.8. The highest BCUT2D eigenvalue weighted by atomic mass is 32.2. The number of ether oxygens (including phenoxy) is 2. The SMILES string of the molecule is Cc1ccc(S(=O)(=O)N2C[C@H]2[C@@H](OCc2ccccc2)[C@H](OCc2ccccc2)[C@@H]2CN2S(=O)(=O)c2ccc(C)cc2)cc1. The maximum Gasteiger partial charge on any atom is 0.243 e. The molecule has 8 nitrogen and oxygen atoms in total. The molecule has 4 aromatic rings. The van der Waals surface area contributed by atoms with Crippen LogP contribution in [0.25, 0.3) is 0 Å². The number of hydrogen-bond donors (Lipinski definition) is 0. The summed E-state index contributed by atoms with van der Waals surface area (Å²) in [5.41, 5.74) is 3.78. The van der Waals surface area contributed by atoms with Crippen LogP contribution in [0.4, 0.5) is 0 Å². The lowest BCUT2D eigenvalue weighted by molar-refractivity contribution is -0.0900. The Labute approximate surface area is 260 Å². The Balaban J connectivity index is 1.31. The van der Waals surface area contributed by atoms with Crippen LogP contribution in [0, 0.1) is 13.8 Å². The summed E-state index contributed by atoms with van der Waals surface area (Å²) in [4.78, 5) is 0.424. The number of aryl methyl sites for hydroxylation is 2. The molecule has 6 atom stereocenters. The molecule has 0 saturated carbocycles. The van der Waals surface area contributed by atoms with Crippen LogP contribution in [-0.4, -0.2) is 62.8 Å². The molecule has 0 bridgehead atoms. The van der Waals surface area contributed by atoms with Crippen LogP contribution in [0.1, 0.15) is 22.3 Å². The second-order valence-electron chi connectivity index (χ2n) is 11.4. The van der Waals surface area contributed by atoms with Crippen molar-refractivity contribution in [2.24, 2.45) is 0 Å². The van der Waals surface area contributed by atoms with E-state index in [4.69, 9.17) is 9.47 Å². The van der Waals surface area contributed by atoms with Gasteiger partial charge in [0.25, 0.3) is 0 Å². The number of nitrogens with zero attached hydrogens (tertiary/aromatic N) is 2. The topological polar surface area (TPSA) is 92.8 Å². The fourth-order valence-electron chi connectivity index (χ4n) is 5.44. The lowest BCUT2D eigenvalue weighted by Gasteiger charge is -2.28. The largest absolute Gasteiger partial charge is 0.369 e. The smallest absolute Gasteiger partial charge is 0.243 e. The van der Waals surface area contributed by atoms with Crippen molar-refractivity contribution >= 4 is 20.0 Å². The van der Waals surface area contributed by atoms with E-state index < -0.39 is 44.3 Å². The Kier molecular flexibility index (Phi) is 8.74. The molecule has 230 valence electrons. The molecule has 0 amide bonds. The molecule has 2 fully saturated rings. The van der Waals surface area contributed by atoms with E-state index in [2.05, 4.69) is 0 Å². The van der Waals surface area contributed by atoms with E-state index in [0.717, 1.165) is 22.3 Å². The molecule has 0 radical (unpaired) electrons. The Hall–Kier alpha value is -3.38. The van der Waals surface area contributed by atoms with Gasteiger partial charge in [0.15, 0.2) is 0 Å². The summed E-state index contributed by atoms with van der Waals surface area (Å²) in [5, 5.41) is 0. The van der Waals surface area contributed by atoms with Crippen LogP contribution in [0.3, 0.4) is 0 Å². The van der Waals surface area contributed by atoms with Crippen LogP contribution in [-0.2, 0) is 42.7 Å². The minimum absolute atomic E-state index is 0.212. The standard InChI is InChI=1S/C34H36N2O6S2/c1-25-13-17-29(18-14-25)43(37,38)35-21-31(35)33(41-23-27-9-5-3-6-10-27)34(42-24-28-11-7-4-8-12-28)32-22-36(32)44(39,40)30-19-15-26(2)16-20-30/h3-20,31-34H,21-24H2,1-2H3/t31-,32-,33+,34+,35?,36?/m0/s1. The van der Waals surface area contributed by atoms with E-state index in [1.54, 1.807) is 48.5 Å².